The van der Waals surface area contributed by atoms with Crippen LogP contribution in [0.3, 0.4) is 0 Å². The van der Waals surface area contributed by atoms with Crippen molar-refractivity contribution < 1.29 is 24.0 Å². The van der Waals surface area contributed by atoms with Crippen LogP contribution in [0, 0.1) is 10.1 Å². The van der Waals surface area contributed by atoms with Gasteiger partial charge in [0.25, 0.3) is 5.69 Å². The van der Waals surface area contributed by atoms with Crippen LogP contribution < -0.4 is 0 Å². The maximum Gasteiger partial charge on any atom is 0.340 e. The molecule has 0 aliphatic rings. The zero-order chi connectivity index (χ0) is 20.5. The second-order valence-electron chi connectivity index (χ2n) is 5.54. The van der Waals surface area contributed by atoms with E-state index in [1.165, 1.54) is 37.3 Å². The van der Waals surface area contributed by atoms with E-state index in [-0.39, 0.29) is 35.7 Å². The highest BCUT2D eigenvalue weighted by atomic mass is 16.6. The number of rotatable bonds is 8. The molecule has 0 saturated carbocycles. The fourth-order valence-electron chi connectivity index (χ4n) is 1.96. The van der Waals surface area contributed by atoms with E-state index >= 15 is 0 Å². The van der Waals surface area contributed by atoms with Gasteiger partial charge in [-0.05, 0) is 31.2 Å². The van der Waals surface area contributed by atoms with Crippen molar-refractivity contribution in [1.29, 1.82) is 0 Å². The molecule has 9 nitrogen and oxygen atoms in total. The third-order valence-electron chi connectivity index (χ3n) is 3.36. The fraction of sp³-hybridized carbons (Fsp3) is 0.158. The first-order chi connectivity index (χ1) is 13.4. The number of nitro benzene ring substituents is 1. The van der Waals surface area contributed by atoms with Crippen molar-refractivity contribution in [2.75, 3.05) is 13.2 Å². The molecule has 0 fully saturated rings. The van der Waals surface area contributed by atoms with E-state index in [1.807, 2.05) is 0 Å². The molecule has 2 aromatic carbocycles. The van der Waals surface area contributed by atoms with Gasteiger partial charge in [-0.25, -0.2) is 9.59 Å². The number of carbonyl (C=O) groups excluding carboxylic acids is 2. The highest BCUT2D eigenvalue weighted by molar-refractivity contribution is 5.94. The quantitative estimate of drug-likeness (QED) is 0.167. The topological polar surface area (TPSA) is 120 Å². The van der Waals surface area contributed by atoms with Crippen molar-refractivity contribution in [2.45, 2.75) is 6.92 Å². The maximum absolute atomic E-state index is 12.2. The molecule has 0 aliphatic carbocycles. The Morgan fingerprint density at radius 1 is 1.04 bits per heavy atom. The van der Waals surface area contributed by atoms with E-state index in [4.69, 9.17) is 9.47 Å². The van der Waals surface area contributed by atoms with Crippen LogP contribution in [0.25, 0.3) is 0 Å². The van der Waals surface area contributed by atoms with Gasteiger partial charge in [-0.3, -0.25) is 10.1 Å². The van der Waals surface area contributed by atoms with Gasteiger partial charge in [-0.2, -0.15) is 5.11 Å². The van der Waals surface area contributed by atoms with Gasteiger partial charge in [-0.1, -0.05) is 18.7 Å². The second kappa shape index (κ2) is 9.72. The summed E-state index contributed by atoms with van der Waals surface area (Å²) in [6, 6.07) is 11.9. The molecule has 0 saturated heterocycles. The van der Waals surface area contributed by atoms with Crippen molar-refractivity contribution in [3.05, 3.63) is 76.4 Å². The number of benzene rings is 2. The summed E-state index contributed by atoms with van der Waals surface area (Å²) in [5, 5.41) is 18.6. The van der Waals surface area contributed by atoms with Crippen molar-refractivity contribution in [1.82, 2.24) is 0 Å². The van der Waals surface area contributed by atoms with Gasteiger partial charge in [0.05, 0.1) is 16.2 Å². The summed E-state index contributed by atoms with van der Waals surface area (Å²) in [7, 11) is 0. The number of non-ortho nitro benzene ring substituents is 1. The average molecular weight is 383 g/mol. The van der Waals surface area contributed by atoms with Crippen molar-refractivity contribution in [3.8, 4) is 0 Å². The summed E-state index contributed by atoms with van der Waals surface area (Å²) in [6.45, 7) is 4.75. The van der Waals surface area contributed by atoms with Gasteiger partial charge in [0, 0.05) is 17.7 Å². The van der Waals surface area contributed by atoms with E-state index in [2.05, 4.69) is 16.8 Å². The zero-order valence-corrected chi connectivity index (χ0v) is 15.0. The predicted octanol–water partition coefficient (Wildman–Crippen LogP) is 4.29. The highest BCUT2D eigenvalue weighted by Crippen LogP contribution is 2.24. The van der Waals surface area contributed by atoms with Gasteiger partial charge < -0.3 is 9.47 Å². The molecule has 0 aromatic heterocycles. The fourth-order valence-corrected chi connectivity index (χ4v) is 1.96. The van der Waals surface area contributed by atoms with Gasteiger partial charge in [-0.15, -0.1) is 5.11 Å². The number of esters is 2. The Balaban J connectivity index is 2.01. The molecule has 0 N–H and O–H groups in total. The van der Waals surface area contributed by atoms with E-state index in [1.54, 1.807) is 18.2 Å². The van der Waals surface area contributed by atoms with Crippen LogP contribution in [-0.2, 0) is 14.3 Å². The van der Waals surface area contributed by atoms with Gasteiger partial charge in [0.2, 0.25) is 0 Å². The van der Waals surface area contributed by atoms with Crippen molar-refractivity contribution in [3.63, 3.8) is 0 Å². The number of hydrogen-bond donors (Lipinski definition) is 0. The van der Waals surface area contributed by atoms with Crippen LogP contribution in [0.4, 0.5) is 17.1 Å². The zero-order valence-electron chi connectivity index (χ0n) is 15.0. The summed E-state index contributed by atoms with van der Waals surface area (Å²) < 4.78 is 9.92. The average Bonchev–Trinajstić information content (AvgIpc) is 2.69. The minimum atomic E-state index is -0.648. The molecule has 28 heavy (non-hydrogen) atoms. The SMILES string of the molecule is C=C(C)C(=O)OCCOC(=O)c1ccccc1N=Nc1ccc([N+](=O)[O-])cc1. The first-order valence-electron chi connectivity index (χ1n) is 8.13. The molecule has 0 atom stereocenters. The molecule has 0 spiro atoms. The Hall–Kier alpha value is -3.88. The Bertz CT molecular complexity index is 922. The minimum Gasteiger partial charge on any atom is -0.459 e. The lowest BCUT2D eigenvalue weighted by atomic mass is 10.2. The number of hydrogen-bond acceptors (Lipinski definition) is 8. The highest BCUT2D eigenvalue weighted by Gasteiger charge is 2.13. The third-order valence-corrected chi connectivity index (χ3v) is 3.36. The van der Waals surface area contributed by atoms with Crippen LogP contribution in [0.5, 0.6) is 0 Å². The standard InChI is InChI=1S/C19H17N3O6/c1-13(2)18(23)27-11-12-28-19(24)16-5-3-4-6-17(16)21-20-14-7-9-15(10-8-14)22(25)26/h3-10H,1,11-12H2,2H3. The van der Waals surface area contributed by atoms with Gasteiger partial charge >= 0.3 is 11.9 Å². The number of ether oxygens (including phenoxy) is 2. The Morgan fingerprint density at radius 3 is 2.32 bits per heavy atom. The summed E-state index contributed by atoms with van der Waals surface area (Å²) in [5.74, 6) is -1.21. The summed E-state index contributed by atoms with van der Waals surface area (Å²) in [6.07, 6.45) is 0. The lowest BCUT2D eigenvalue weighted by molar-refractivity contribution is -0.384. The van der Waals surface area contributed by atoms with Crippen LogP contribution in [0.15, 0.2) is 70.9 Å². The lowest BCUT2D eigenvalue weighted by Crippen LogP contribution is -2.14. The Labute approximate surface area is 160 Å². The molecular formula is C19H17N3O6. The number of nitro groups is 1. The van der Waals surface area contributed by atoms with Crippen molar-refractivity contribution >= 4 is 29.0 Å². The Kier molecular flexibility index (Phi) is 7.09. The van der Waals surface area contributed by atoms with Gasteiger partial charge in [0.15, 0.2) is 0 Å². The molecule has 0 unspecified atom stereocenters. The van der Waals surface area contributed by atoms with Crippen LogP contribution in [0.2, 0.25) is 0 Å². The Morgan fingerprint density at radius 2 is 1.68 bits per heavy atom. The van der Waals surface area contributed by atoms with E-state index in [0.29, 0.717) is 5.69 Å². The van der Waals surface area contributed by atoms with Crippen molar-refractivity contribution in [2.24, 2.45) is 10.2 Å². The summed E-state index contributed by atoms with van der Waals surface area (Å²) in [4.78, 5) is 33.6. The normalized spacial score (nSPS) is 10.5. The number of carbonyl (C=O) groups is 2. The first-order valence-corrected chi connectivity index (χ1v) is 8.13. The predicted molar refractivity (Wildman–Crippen MR) is 99.8 cm³/mol. The van der Waals surface area contributed by atoms with Gasteiger partial charge in [0.1, 0.15) is 18.9 Å². The molecule has 0 heterocycles. The van der Waals surface area contributed by atoms with Crippen LogP contribution in [0.1, 0.15) is 17.3 Å². The van der Waals surface area contributed by atoms with Crippen LogP contribution in [-0.4, -0.2) is 30.1 Å². The number of nitrogens with zero attached hydrogens (tertiary/aromatic N) is 3. The third kappa shape index (κ3) is 5.84. The smallest absolute Gasteiger partial charge is 0.340 e. The lowest BCUT2D eigenvalue weighted by Gasteiger charge is -2.07. The number of azo groups is 1. The molecule has 2 rings (SSSR count). The van der Waals surface area contributed by atoms with E-state index < -0.39 is 16.9 Å². The molecule has 144 valence electrons. The first kappa shape index (κ1) is 20.4. The van der Waals surface area contributed by atoms with E-state index in [0.717, 1.165) is 0 Å². The monoisotopic (exact) mass is 383 g/mol. The summed E-state index contributed by atoms with van der Waals surface area (Å²) in [5.41, 5.74) is 1.03. The molecule has 0 bridgehead atoms. The summed E-state index contributed by atoms with van der Waals surface area (Å²) >= 11 is 0. The molecule has 9 heteroatoms. The van der Waals surface area contributed by atoms with E-state index in [9.17, 15) is 19.7 Å². The molecule has 0 radical (unpaired) electrons. The largest absolute Gasteiger partial charge is 0.459 e. The molecular weight excluding hydrogens is 366 g/mol. The second-order valence-corrected chi connectivity index (χ2v) is 5.54. The molecule has 2 aromatic rings. The molecule has 0 amide bonds. The molecule has 0 aliphatic heterocycles. The van der Waals surface area contributed by atoms with Crippen LogP contribution >= 0.6 is 0 Å². The minimum absolute atomic E-state index is 0.0599. The maximum atomic E-state index is 12.2.